The number of fused-ring (bicyclic) bond motifs is 1. The lowest BCUT2D eigenvalue weighted by Gasteiger charge is -2.06. The van der Waals surface area contributed by atoms with Crippen LogP contribution in [0, 0.1) is 0 Å². The van der Waals surface area contributed by atoms with Gasteiger partial charge in [-0.15, -0.1) is 0 Å². The van der Waals surface area contributed by atoms with E-state index in [2.05, 4.69) is 20.1 Å². The lowest BCUT2D eigenvalue weighted by molar-refractivity contribution is 0.398. The fourth-order valence-electron chi connectivity index (χ4n) is 1.54. The number of benzene rings is 2. The van der Waals surface area contributed by atoms with Gasteiger partial charge in [0.25, 0.3) is 10.1 Å². The number of rotatable bonds is 2. The van der Waals surface area contributed by atoms with Gasteiger partial charge in [-0.25, -0.2) is 0 Å². The van der Waals surface area contributed by atoms with Crippen LogP contribution >= 0.6 is 15.9 Å². The molecule has 0 unspecified atom stereocenters. The molecule has 2 aromatic carbocycles. The molecule has 3 nitrogen and oxygen atoms in total. The molecule has 0 atom stereocenters. The van der Waals surface area contributed by atoms with Gasteiger partial charge in [0.1, 0.15) is 4.90 Å². The first-order valence-electron chi connectivity index (χ1n) is 4.53. The summed E-state index contributed by atoms with van der Waals surface area (Å²) in [5.74, 6) is 0. The average molecular weight is 301 g/mol. The molecule has 84 valence electrons. The van der Waals surface area contributed by atoms with Crippen molar-refractivity contribution in [1.82, 2.24) is 0 Å². The molecular formula is C11H9BrO3S. The highest BCUT2D eigenvalue weighted by atomic mass is 79.9. The lowest BCUT2D eigenvalue weighted by Crippen LogP contribution is -2.03. The van der Waals surface area contributed by atoms with E-state index in [4.69, 9.17) is 0 Å². The molecule has 0 bridgehead atoms. The molecule has 0 aliphatic heterocycles. The maximum Gasteiger partial charge on any atom is 0.297 e. The summed E-state index contributed by atoms with van der Waals surface area (Å²) in [5, 5.41) is 1.51. The van der Waals surface area contributed by atoms with Gasteiger partial charge in [-0.3, -0.25) is 4.18 Å². The van der Waals surface area contributed by atoms with Gasteiger partial charge in [0, 0.05) is 9.86 Å². The predicted octanol–water partition coefficient (Wildman–Crippen LogP) is 2.94. The van der Waals surface area contributed by atoms with E-state index in [1.165, 1.54) is 0 Å². The monoisotopic (exact) mass is 300 g/mol. The third-order valence-corrected chi connectivity index (χ3v) is 4.05. The minimum Gasteiger partial charge on any atom is -0.270 e. The minimum atomic E-state index is -3.68. The number of hydrogen-bond donors (Lipinski definition) is 0. The minimum absolute atomic E-state index is 0.181. The molecule has 0 aromatic heterocycles. The van der Waals surface area contributed by atoms with Gasteiger partial charge in [0.2, 0.25) is 0 Å². The summed E-state index contributed by atoms with van der Waals surface area (Å²) < 4.78 is 28.7. The fraction of sp³-hybridized carbons (Fsp3) is 0.0909. The highest BCUT2D eigenvalue weighted by molar-refractivity contribution is 9.10. The number of hydrogen-bond acceptors (Lipinski definition) is 3. The second-order valence-corrected chi connectivity index (χ2v) is 5.84. The van der Waals surface area contributed by atoms with E-state index in [-0.39, 0.29) is 4.90 Å². The van der Waals surface area contributed by atoms with Crippen molar-refractivity contribution in [2.45, 2.75) is 4.90 Å². The van der Waals surface area contributed by atoms with E-state index in [0.717, 1.165) is 12.5 Å². The van der Waals surface area contributed by atoms with E-state index in [1.807, 2.05) is 18.2 Å². The Morgan fingerprint density at radius 2 is 1.88 bits per heavy atom. The van der Waals surface area contributed by atoms with Crippen LogP contribution in [-0.2, 0) is 14.3 Å². The van der Waals surface area contributed by atoms with Gasteiger partial charge in [0.05, 0.1) is 7.11 Å². The molecule has 0 amide bonds. The normalized spacial score (nSPS) is 11.9. The molecule has 0 radical (unpaired) electrons. The number of halogens is 1. The van der Waals surface area contributed by atoms with Gasteiger partial charge in [-0.2, -0.15) is 8.42 Å². The van der Waals surface area contributed by atoms with Gasteiger partial charge in [-0.05, 0) is 17.5 Å². The summed E-state index contributed by atoms with van der Waals surface area (Å²) in [6, 6.07) is 10.7. The first-order valence-corrected chi connectivity index (χ1v) is 6.73. The zero-order valence-corrected chi connectivity index (χ0v) is 10.9. The van der Waals surface area contributed by atoms with Crippen molar-refractivity contribution >= 4 is 36.8 Å². The highest BCUT2D eigenvalue weighted by Gasteiger charge is 2.17. The summed E-state index contributed by atoms with van der Waals surface area (Å²) in [5.41, 5.74) is 0. The molecule has 0 heterocycles. The molecule has 0 N–H and O–H groups in total. The van der Waals surface area contributed by atoms with Crippen molar-refractivity contribution in [2.75, 3.05) is 7.11 Å². The quantitative estimate of drug-likeness (QED) is 0.801. The highest BCUT2D eigenvalue weighted by Crippen LogP contribution is 2.28. The Morgan fingerprint density at radius 3 is 2.56 bits per heavy atom. The Balaban J connectivity index is 2.89. The van der Waals surface area contributed by atoms with Crippen LogP contribution in [0.15, 0.2) is 45.8 Å². The van der Waals surface area contributed by atoms with Gasteiger partial charge in [0.15, 0.2) is 0 Å². The lowest BCUT2D eigenvalue weighted by atomic mass is 10.1. The zero-order valence-electron chi connectivity index (χ0n) is 8.48. The van der Waals surface area contributed by atoms with Crippen LogP contribution in [0.5, 0.6) is 0 Å². The molecule has 2 aromatic rings. The standard InChI is InChI=1S/C11H9BrO3S/c1-15-16(13,14)11-7-9(12)6-8-4-2-3-5-10(8)11/h2-7H,1H3. The maximum absolute atomic E-state index is 11.7. The van der Waals surface area contributed by atoms with Crippen LogP contribution in [0.2, 0.25) is 0 Å². The topological polar surface area (TPSA) is 43.4 Å². The average Bonchev–Trinajstić information content (AvgIpc) is 2.28. The van der Waals surface area contributed by atoms with Crippen LogP contribution in [0.1, 0.15) is 0 Å². The molecule has 16 heavy (non-hydrogen) atoms. The predicted molar refractivity (Wildman–Crippen MR) is 65.8 cm³/mol. The van der Waals surface area contributed by atoms with Crippen molar-refractivity contribution in [3.63, 3.8) is 0 Å². The second kappa shape index (κ2) is 4.16. The van der Waals surface area contributed by atoms with Gasteiger partial charge in [-0.1, -0.05) is 40.2 Å². The summed E-state index contributed by atoms with van der Waals surface area (Å²) in [6.07, 6.45) is 0. The summed E-state index contributed by atoms with van der Waals surface area (Å²) in [7, 11) is -2.52. The van der Waals surface area contributed by atoms with Crippen molar-refractivity contribution in [2.24, 2.45) is 0 Å². The Bertz CT molecular complexity index is 635. The molecule has 0 saturated heterocycles. The molecule has 5 heteroatoms. The van der Waals surface area contributed by atoms with Crippen LogP contribution in [-0.4, -0.2) is 15.5 Å². The molecule has 0 fully saturated rings. The first kappa shape index (κ1) is 11.6. The molecule has 0 aliphatic carbocycles. The Morgan fingerprint density at radius 1 is 1.19 bits per heavy atom. The third-order valence-electron chi connectivity index (χ3n) is 2.28. The molecule has 0 aliphatic rings. The van der Waals surface area contributed by atoms with E-state index >= 15 is 0 Å². The Labute approximate surface area is 102 Å². The van der Waals surface area contributed by atoms with Crippen molar-refractivity contribution in [3.05, 3.63) is 40.9 Å². The van der Waals surface area contributed by atoms with Crippen molar-refractivity contribution in [1.29, 1.82) is 0 Å². The van der Waals surface area contributed by atoms with Gasteiger partial charge >= 0.3 is 0 Å². The van der Waals surface area contributed by atoms with E-state index < -0.39 is 10.1 Å². The summed E-state index contributed by atoms with van der Waals surface area (Å²) in [6.45, 7) is 0. The molecule has 2 rings (SSSR count). The largest absolute Gasteiger partial charge is 0.297 e. The van der Waals surface area contributed by atoms with Crippen LogP contribution in [0.4, 0.5) is 0 Å². The first-order chi connectivity index (χ1) is 7.54. The van der Waals surface area contributed by atoms with Crippen molar-refractivity contribution < 1.29 is 12.6 Å². The summed E-state index contributed by atoms with van der Waals surface area (Å²) >= 11 is 3.28. The van der Waals surface area contributed by atoms with Gasteiger partial charge < -0.3 is 0 Å². The Hall–Kier alpha value is -0.910. The fourth-order valence-corrected chi connectivity index (χ4v) is 3.07. The second-order valence-electron chi connectivity index (χ2n) is 3.25. The zero-order chi connectivity index (χ0) is 11.8. The van der Waals surface area contributed by atoms with Crippen LogP contribution in [0.25, 0.3) is 10.8 Å². The van der Waals surface area contributed by atoms with Crippen LogP contribution in [0.3, 0.4) is 0 Å². The van der Waals surface area contributed by atoms with E-state index in [0.29, 0.717) is 9.86 Å². The molecule has 0 saturated carbocycles. The van der Waals surface area contributed by atoms with E-state index in [1.54, 1.807) is 18.2 Å². The van der Waals surface area contributed by atoms with Crippen LogP contribution < -0.4 is 0 Å². The Kier molecular flexibility index (Phi) is 3.01. The molecule has 0 spiro atoms. The van der Waals surface area contributed by atoms with Crippen molar-refractivity contribution in [3.8, 4) is 0 Å². The third kappa shape index (κ3) is 1.98. The summed E-state index contributed by atoms with van der Waals surface area (Å²) in [4.78, 5) is 0.181. The maximum atomic E-state index is 11.7. The SMILES string of the molecule is COS(=O)(=O)c1cc(Br)cc2ccccc12. The van der Waals surface area contributed by atoms with E-state index in [9.17, 15) is 8.42 Å². The molecular weight excluding hydrogens is 292 g/mol. The smallest absolute Gasteiger partial charge is 0.270 e.